The van der Waals surface area contributed by atoms with Gasteiger partial charge in [-0.1, -0.05) is 37.3 Å². The van der Waals surface area contributed by atoms with Gasteiger partial charge >= 0.3 is 0 Å². The maximum atomic E-state index is 5.91. The van der Waals surface area contributed by atoms with E-state index in [1.165, 1.54) is 0 Å². The minimum atomic E-state index is 0.717. The second kappa shape index (κ2) is 11.0. The standard InChI is InChI=1S/C24H29N5OS/c1-2-28-12-14-29(15-13-28)16-17-30-22-10-8-20(9-11-22)18-25-27-24-26-23(19-31-24)21-6-4-3-5-7-21/h3-11,18-19H,2,12-17H2,1H3,(H,26,27). The number of piperazine rings is 1. The van der Waals surface area contributed by atoms with Crippen LogP contribution in [-0.4, -0.2) is 66.9 Å². The van der Waals surface area contributed by atoms with E-state index in [9.17, 15) is 0 Å². The fourth-order valence-electron chi connectivity index (χ4n) is 3.50. The normalized spacial score (nSPS) is 15.4. The monoisotopic (exact) mass is 435 g/mol. The van der Waals surface area contributed by atoms with Crippen LogP contribution in [0.5, 0.6) is 5.75 Å². The summed E-state index contributed by atoms with van der Waals surface area (Å²) in [6.45, 7) is 9.65. The van der Waals surface area contributed by atoms with Crippen molar-refractivity contribution in [2.24, 2.45) is 5.10 Å². The van der Waals surface area contributed by atoms with E-state index in [0.29, 0.717) is 0 Å². The fourth-order valence-corrected chi connectivity index (χ4v) is 4.17. The van der Waals surface area contributed by atoms with Crippen molar-refractivity contribution in [3.05, 3.63) is 65.5 Å². The highest BCUT2D eigenvalue weighted by Gasteiger charge is 2.14. The first-order valence-corrected chi connectivity index (χ1v) is 11.7. The zero-order valence-electron chi connectivity index (χ0n) is 17.9. The van der Waals surface area contributed by atoms with Crippen molar-refractivity contribution in [3.8, 4) is 17.0 Å². The maximum absolute atomic E-state index is 5.91. The Kier molecular flexibility index (Phi) is 7.65. The molecule has 7 heteroatoms. The molecule has 6 nitrogen and oxygen atoms in total. The van der Waals surface area contributed by atoms with Gasteiger partial charge in [0.25, 0.3) is 0 Å². The molecule has 0 aliphatic carbocycles. The van der Waals surface area contributed by atoms with Crippen LogP contribution in [0.2, 0.25) is 0 Å². The Morgan fingerprint density at radius 1 is 1.03 bits per heavy atom. The Morgan fingerprint density at radius 3 is 2.52 bits per heavy atom. The van der Waals surface area contributed by atoms with Gasteiger partial charge in [0.1, 0.15) is 12.4 Å². The summed E-state index contributed by atoms with van der Waals surface area (Å²) in [5.41, 5.74) is 6.08. The number of nitrogens with zero attached hydrogens (tertiary/aromatic N) is 4. The number of aromatic nitrogens is 1. The van der Waals surface area contributed by atoms with Gasteiger partial charge in [0.05, 0.1) is 11.9 Å². The van der Waals surface area contributed by atoms with Gasteiger partial charge in [0, 0.05) is 43.7 Å². The van der Waals surface area contributed by atoms with Crippen LogP contribution in [0.4, 0.5) is 5.13 Å². The molecule has 0 radical (unpaired) electrons. The van der Waals surface area contributed by atoms with Crippen LogP contribution in [0.25, 0.3) is 11.3 Å². The van der Waals surface area contributed by atoms with Crippen LogP contribution >= 0.6 is 11.3 Å². The van der Waals surface area contributed by atoms with Gasteiger partial charge in [-0.15, -0.1) is 11.3 Å². The molecule has 1 aliphatic rings. The molecule has 4 rings (SSSR count). The fraction of sp³-hybridized carbons (Fsp3) is 0.333. The molecule has 1 aliphatic heterocycles. The minimum Gasteiger partial charge on any atom is -0.492 e. The first-order chi connectivity index (χ1) is 15.3. The number of ether oxygens (including phenoxy) is 1. The third-order valence-corrected chi connectivity index (χ3v) is 6.16. The summed E-state index contributed by atoms with van der Waals surface area (Å²) >= 11 is 1.54. The molecule has 3 aromatic rings. The molecule has 0 spiro atoms. The SMILES string of the molecule is CCN1CCN(CCOc2ccc(C=NNc3nc(-c4ccccc4)cs3)cc2)CC1. The van der Waals surface area contributed by atoms with Crippen molar-refractivity contribution in [1.29, 1.82) is 0 Å². The second-order valence-corrected chi connectivity index (χ2v) is 8.33. The summed E-state index contributed by atoms with van der Waals surface area (Å²) in [6.07, 6.45) is 1.79. The van der Waals surface area contributed by atoms with E-state index >= 15 is 0 Å². The van der Waals surface area contributed by atoms with Gasteiger partial charge in [-0.3, -0.25) is 10.3 Å². The molecule has 31 heavy (non-hydrogen) atoms. The lowest BCUT2D eigenvalue weighted by molar-refractivity contribution is 0.121. The molecule has 1 N–H and O–H groups in total. The van der Waals surface area contributed by atoms with E-state index in [4.69, 9.17) is 4.74 Å². The molecule has 0 atom stereocenters. The topological polar surface area (TPSA) is 53.0 Å². The van der Waals surface area contributed by atoms with E-state index in [2.05, 4.69) is 44.4 Å². The number of thiazole rings is 1. The van der Waals surface area contributed by atoms with E-state index in [1.807, 2.05) is 47.8 Å². The Bertz CT molecular complexity index is 950. The highest BCUT2D eigenvalue weighted by molar-refractivity contribution is 7.14. The predicted octanol–water partition coefficient (Wildman–Crippen LogP) is 4.27. The lowest BCUT2D eigenvalue weighted by atomic mass is 10.2. The number of hydrazone groups is 1. The molecule has 0 bridgehead atoms. The van der Waals surface area contributed by atoms with Gasteiger partial charge in [-0.25, -0.2) is 4.98 Å². The molecule has 162 valence electrons. The van der Waals surface area contributed by atoms with Crippen molar-refractivity contribution in [2.45, 2.75) is 6.92 Å². The van der Waals surface area contributed by atoms with Gasteiger partial charge in [-0.2, -0.15) is 5.10 Å². The number of likely N-dealkylation sites (N-methyl/N-ethyl adjacent to an activating group) is 1. The van der Waals surface area contributed by atoms with Crippen molar-refractivity contribution in [2.75, 3.05) is 51.3 Å². The smallest absolute Gasteiger partial charge is 0.203 e. The average molecular weight is 436 g/mol. The molecule has 0 unspecified atom stereocenters. The number of benzene rings is 2. The van der Waals surface area contributed by atoms with E-state index in [1.54, 1.807) is 17.6 Å². The second-order valence-electron chi connectivity index (χ2n) is 7.47. The van der Waals surface area contributed by atoms with Gasteiger partial charge in [0.2, 0.25) is 5.13 Å². The quantitative estimate of drug-likeness (QED) is 0.402. The molecular weight excluding hydrogens is 406 g/mol. The molecule has 2 aromatic carbocycles. The Labute approximate surface area is 188 Å². The van der Waals surface area contributed by atoms with Gasteiger partial charge in [-0.05, 0) is 36.4 Å². The number of nitrogens with one attached hydrogen (secondary N) is 1. The van der Waals surface area contributed by atoms with Crippen LogP contribution in [-0.2, 0) is 0 Å². The van der Waals surface area contributed by atoms with Crippen molar-refractivity contribution >= 4 is 22.7 Å². The zero-order valence-corrected chi connectivity index (χ0v) is 18.7. The van der Waals surface area contributed by atoms with Crippen LogP contribution in [0.15, 0.2) is 65.1 Å². The van der Waals surface area contributed by atoms with Gasteiger partial charge in [0.15, 0.2) is 0 Å². The van der Waals surface area contributed by atoms with Gasteiger partial charge < -0.3 is 9.64 Å². The average Bonchev–Trinajstić information content (AvgIpc) is 3.30. The summed E-state index contributed by atoms with van der Waals surface area (Å²) in [7, 11) is 0. The van der Waals surface area contributed by atoms with Crippen molar-refractivity contribution in [3.63, 3.8) is 0 Å². The van der Waals surface area contributed by atoms with Crippen LogP contribution < -0.4 is 10.2 Å². The lowest BCUT2D eigenvalue weighted by Gasteiger charge is -2.33. The third kappa shape index (κ3) is 6.37. The highest BCUT2D eigenvalue weighted by atomic mass is 32.1. The Hall–Kier alpha value is -2.74. The van der Waals surface area contributed by atoms with Crippen molar-refractivity contribution < 1.29 is 4.74 Å². The predicted molar refractivity (Wildman–Crippen MR) is 129 cm³/mol. The molecule has 2 heterocycles. The lowest BCUT2D eigenvalue weighted by Crippen LogP contribution is -2.47. The first kappa shape index (κ1) is 21.5. The third-order valence-electron chi connectivity index (χ3n) is 5.42. The summed E-state index contributed by atoms with van der Waals surface area (Å²) in [5.74, 6) is 0.893. The summed E-state index contributed by atoms with van der Waals surface area (Å²) in [4.78, 5) is 9.54. The van der Waals surface area contributed by atoms with Crippen LogP contribution in [0.3, 0.4) is 0 Å². The van der Waals surface area contributed by atoms with E-state index < -0.39 is 0 Å². The minimum absolute atomic E-state index is 0.717. The molecular formula is C24H29N5OS. The Morgan fingerprint density at radius 2 is 1.77 bits per heavy atom. The van der Waals surface area contributed by atoms with E-state index in [0.717, 1.165) is 73.6 Å². The number of rotatable bonds is 9. The molecule has 0 amide bonds. The first-order valence-electron chi connectivity index (χ1n) is 10.8. The Balaban J connectivity index is 1.20. The van der Waals surface area contributed by atoms with Crippen LogP contribution in [0, 0.1) is 0 Å². The number of anilines is 1. The summed E-state index contributed by atoms with van der Waals surface area (Å²) in [5, 5.41) is 7.11. The maximum Gasteiger partial charge on any atom is 0.203 e. The zero-order chi connectivity index (χ0) is 21.3. The molecule has 1 fully saturated rings. The molecule has 0 saturated carbocycles. The molecule has 1 aromatic heterocycles. The van der Waals surface area contributed by atoms with Crippen molar-refractivity contribution in [1.82, 2.24) is 14.8 Å². The summed E-state index contributed by atoms with van der Waals surface area (Å²) in [6, 6.07) is 18.2. The number of hydrogen-bond donors (Lipinski definition) is 1. The molecule has 1 saturated heterocycles. The summed E-state index contributed by atoms with van der Waals surface area (Å²) < 4.78 is 5.91. The highest BCUT2D eigenvalue weighted by Crippen LogP contribution is 2.24. The van der Waals surface area contributed by atoms with Crippen LogP contribution in [0.1, 0.15) is 12.5 Å². The number of hydrogen-bond acceptors (Lipinski definition) is 7. The largest absolute Gasteiger partial charge is 0.492 e. The van der Waals surface area contributed by atoms with E-state index in [-0.39, 0.29) is 0 Å².